The Morgan fingerprint density at radius 2 is 1.92 bits per heavy atom. The molecule has 0 spiro atoms. The zero-order chi connectivity index (χ0) is 27.9. The molecule has 3 N–H and O–H groups in total. The molecule has 0 radical (unpaired) electrons. The number of aryl methyl sites for hydroxylation is 1. The highest BCUT2D eigenvalue weighted by atomic mass is 35.5. The van der Waals surface area contributed by atoms with Gasteiger partial charge in [0, 0.05) is 6.42 Å². The molecule has 0 aromatic carbocycles. The molecule has 2 unspecified atom stereocenters. The van der Waals surface area contributed by atoms with Gasteiger partial charge in [-0.3, -0.25) is 23.2 Å². The van der Waals surface area contributed by atoms with Crippen molar-refractivity contribution in [1.82, 2.24) is 19.5 Å². The molecule has 2 aliphatic rings. The number of halogens is 1. The minimum absolute atomic E-state index is 0.00633. The maximum Gasteiger partial charge on any atom is 0.481 e. The van der Waals surface area contributed by atoms with Gasteiger partial charge in [-0.1, -0.05) is 0 Å². The Labute approximate surface area is 220 Å². The fourth-order valence-corrected chi connectivity index (χ4v) is 6.35. The van der Waals surface area contributed by atoms with E-state index in [4.69, 9.17) is 30.3 Å². The van der Waals surface area contributed by atoms with Gasteiger partial charge in [0.05, 0.1) is 25.4 Å². The summed E-state index contributed by atoms with van der Waals surface area (Å²) in [6.07, 6.45) is -2.06. The lowest BCUT2D eigenvalue weighted by Gasteiger charge is -2.25. The number of fused-ring (bicyclic) bond motifs is 2. The molecule has 0 aliphatic carbocycles. The molecule has 0 saturated carbocycles. The van der Waals surface area contributed by atoms with Crippen LogP contribution < -0.4 is 5.56 Å². The number of nitrogens with zero attached hydrogens (tertiary/aromatic N) is 3. The van der Waals surface area contributed by atoms with Gasteiger partial charge < -0.3 is 29.0 Å². The van der Waals surface area contributed by atoms with E-state index in [1.807, 2.05) is 0 Å². The lowest BCUT2D eigenvalue weighted by atomic mass is 10.1. The van der Waals surface area contributed by atoms with Crippen molar-refractivity contribution in [2.45, 2.75) is 63.9 Å². The minimum Gasteiger partial charge on any atom is -0.347 e. The van der Waals surface area contributed by atoms with Gasteiger partial charge in [0.2, 0.25) is 0 Å². The smallest absolute Gasteiger partial charge is 0.347 e. The Kier molecular flexibility index (Phi) is 8.63. The van der Waals surface area contributed by atoms with Gasteiger partial charge in [-0.05, 0) is 27.2 Å². The highest BCUT2D eigenvalue weighted by molar-refractivity contribution is 7.61. The van der Waals surface area contributed by atoms with Crippen molar-refractivity contribution in [3.05, 3.63) is 22.5 Å². The van der Waals surface area contributed by atoms with E-state index >= 15 is 0 Å². The molecule has 38 heavy (non-hydrogen) atoms. The summed E-state index contributed by atoms with van der Waals surface area (Å²) in [7, 11) is -10.1. The number of aromatic nitrogens is 4. The van der Waals surface area contributed by atoms with Crippen molar-refractivity contribution < 1.29 is 51.3 Å². The summed E-state index contributed by atoms with van der Waals surface area (Å²) in [6, 6.07) is 0. The molecule has 0 amide bonds. The van der Waals surface area contributed by atoms with Crippen LogP contribution in [-0.4, -0.2) is 78.3 Å². The van der Waals surface area contributed by atoms with E-state index < -0.39 is 64.7 Å². The van der Waals surface area contributed by atoms with Crippen LogP contribution >= 0.6 is 27.2 Å². The monoisotopic (exact) mass is 600 g/mol. The SMILES string of the molecule is Cc1nc2c(ncn2[C@@H]2O[C@H](COP(=O)(O)OP(=O)(O)OCCCC(=O)CCl)[C@H]3OC(C)(C)O[C@H]32)c(=O)[nH]1. The van der Waals surface area contributed by atoms with Crippen molar-refractivity contribution >= 4 is 44.2 Å². The van der Waals surface area contributed by atoms with Crippen LogP contribution in [0.5, 0.6) is 0 Å². The number of imidazole rings is 1. The van der Waals surface area contributed by atoms with E-state index in [1.165, 1.54) is 10.9 Å². The summed E-state index contributed by atoms with van der Waals surface area (Å²) in [5, 5.41) is 0. The van der Waals surface area contributed by atoms with Gasteiger partial charge in [0.1, 0.15) is 29.9 Å². The number of alkyl halides is 1. The molecule has 2 aromatic heterocycles. The second-order valence-corrected chi connectivity index (χ2v) is 12.3. The summed E-state index contributed by atoms with van der Waals surface area (Å²) in [5.74, 6) is -1.21. The molecule has 19 heteroatoms. The first kappa shape index (κ1) is 29.4. The molecule has 16 nitrogen and oxygen atoms in total. The third-order valence-corrected chi connectivity index (χ3v) is 8.50. The predicted molar refractivity (Wildman–Crippen MR) is 128 cm³/mol. The molecular formula is C19H27ClN4O12P2. The molecule has 2 aromatic rings. The zero-order valence-electron chi connectivity index (χ0n) is 20.5. The minimum atomic E-state index is -5.12. The average Bonchev–Trinajstić information content (AvgIpc) is 3.45. The fourth-order valence-electron chi connectivity index (χ4n) is 4.10. The van der Waals surface area contributed by atoms with E-state index in [0.29, 0.717) is 5.82 Å². The Hall–Kier alpha value is -1.55. The molecular weight excluding hydrogens is 574 g/mol. The number of carbonyl (C=O) groups excluding carboxylic acids is 1. The van der Waals surface area contributed by atoms with Gasteiger partial charge in [0.15, 0.2) is 23.2 Å². The third-order valence-electron chi connectivity index (χ3n) is 5.56. The number of phosphoric acid groups is 2. The van der Waals surface area contributed by atoms with Crippen LogP contribution in [0.25, 0.3) is 11.2 Å². The van der Waals surface area contributed by atoms with Crippen LogP contribution in [0, 0.1) is 6.92 Å². The van der Waals surface area contributed by atoms with Crippen LogP contribution in [0.15, 0.2) is 11.1 Å². The highest BCUT2D eigenvalue weighted by Crippen LogP contribution is 2.60. The van der Waals surface area contributed by atoms with E-state index in [2.05, 4.69) is 23.8 Å². The molecule has 6 atom stereocenters. The lowest BCUT2D eigenvalue weighted by molar-refractivity contribution is -0.199. The maximum atomic E-state index is 12.4. The molecule has 4 heterocycles. The zero-order valence-corrected chi connectivity index (χ0v) is 23.1. The Morgan fingerprint density at radius 1 is 1.24 bits per heavy atom. The fraction of sp³-hybridized carbons (Fsp3) is 0.684. The lowest BCUT2D eigenvalue weighted by Crippen LogP contribution is -2.32. The number of ketones is 1. The Bertz CT molecular complexity index is 1350. The highest BCUT2D eigenvalue weighted by Gasteiger charge is 2.56. The van der Waals surface area contributed by atoms with E-state index in [9.17, 15) is 28.5 Å². The maximum absolute atomic E-state index is 12.4. The molecule has 0 bridgehead atoms. The number of rotatable bonds is 12. The Balaban J connectivity index is 1.44. The number of H-pyrrole nitrogens is 1. The van der Waals surface area contributed by atoms with Crippen LogP contribution in [0.1, 0.15) is 38.7 Å². The van der Waals surface area contributed by atoms with Crippen LogP contribution in [0.4, 0.5) is 0 Å². The normalized spacial score (nSPS) is 27.7. The van der Waals surface area contributed by atoms with Crippen LogP contribution in [0.2, 0.25) is 0 Å². The summed E-state index contributed by atoms with van der Waals surface area (Å²) < 4.78 is 57.7. The molecule has 2 fully saturated rings. The first-order chi connectivity index (χ1) is 17.7. The number of aromatic amines is 1. The number of ether oxygens (including phenoxy) is 3. The van der Waals surface area contributed by atoms with Crippen LogP contribution in [0.3, 0.4) is 0 Å². The number of nitrogens with one attached hydrogen (secondary N) is 1. The second-order valence-electron chi connectivity index (χ2n) is 9.03. The summed E-state index contributed by atoms with van der Waals surface area (Å²) in [6.45, 7) is 3.93. The first-order valence-corrected chi connectivity index (χ1v) is 14.9. The summed E-state index contributed by atoms with van der Waals surface area (Å²) in [4.78, 5) is 54.2. The summed E-state index contributed by atoms with van der Waals surface area (Å²) in [5.41, 5.74) is -0.135. The van der Waals surface area contributed by atoms with Crippen molar-refractivity contribution in [3.8, 4) is 0 Å². The van der Waals surface area contributed by atoms with Crippen molar-refractivity contribution in [1.29, 1.82) is 0 Å². The van der Waals surface area contributed by atoms with Gasteiger partial charge >= 0.3 is 15.6 Å². The molecule has 2 saturated heterocycles. The average molecular weight is 601 g/mol. The quantitative estimate of drug-likeness (QED) is 0.180. The van der Waals surface area contributed by atoms with Gasteiger partial charge in [-0.2, -0.15) is 4.31 Å². The first-order valence-electron chi connectivity index (χ1n) is 11.4. The van der Waals surface area contributed by atoms with Crippen LogP contribution in [-0.2, 0) is 41.5 Å². The second kappa shape index (κ2) is 11.1. The molecule has 2 aliphatic heterocycles. The van der Waals surface area contributed by atoms with E-state index in [1.54, 1.807) is 20.8 Å². The number of hydrogen-bond acceptors (Lipinski definition) is 12. The third kappa shape index (κ3) is 6.77. The van der Waals surface area contributed by atoms with Crippen molar-refractivity contribution in [3.63, 3.8) is 0 Å². The van der Waals surface area contributed by atoms with Gasteiger partial charge in [-0.25, -0.2) is 19.1 Å². The van der Waals surface area contributed by atoms with E-state index in [-0.39, 0.29) is 35.7 Å². The number of carbonyl (C=O) groups is 1. The standard InChI is InChI=1S/C19H27ClN4O12P2/c1-10-22-16-13(17(26)23-10)21-9-24(16)18-15-14(34-19(2,3)35-15)12(33-18)8-32-38(29,30)36-37(27,28)31-6-4-5-11(25)7-20/h9,12,14-15,18H,4-8H2,1-3H3,(H,27,28)(H,29,30)(H,22,23,26)/t12-,14-,15-,18-/m1/s1. The van der Waals surface area contributed by atoms with Crippen molar-refractivity contribution in [2.24, 2.45) is 0 Å². The molecule has 4 rings (SSSR count). The molecule has 212 valence electrons. The largest absolute Gasteiger partial charge is 0.481 e. The number of phosphoric ester groups is 2. The van der Waals surface area contributed by atoms with Gasteiger partial charge in [0.25, 0.3) is 5.56 Å². The number of hydrogen-bond donors (Lipinski definition) is 3. The Morgan fingerprint density at radius 3 is 2.63 bits per heavy atom. The number of Topliss-reactive ketones (excluding diaryl/α,β-unsaturated/α-hetero) is 1. The van der Waals surface area contributed by atoms with Gasteiger partial charge in [-0.15, -0.1) is 11.6 Å². The topological polar surface area (TPSA) is 211 Å². The predicted octanol–water partition coefficient (Wildman–Crippen LogP) is 1.68. The summed E-state index contributed by atoms with van der Waals surface area (Å²) >= 11 is 5.37. The van der Waals surface area contributed by atoms with Crippen molar-refractivity contribution in [2.75, 3.05) is 19.1 Å². The van der Waals surface area contributed by atoms with E-state index in [0.717, 1.165) is 0 Å².